The van der Waals surface area contributed by atoms with Crippen molar-refractivity contribution in [2.45, 2.75) is 61.9 Å². The van der Waals surface area contributed by atoms with E-state index in [2.05, 4.69) is 18.0 Å². The second kappa shape index (κ2) is 5.12. The van der Waals surface area contributed by atoms with Crippen LogP contribution in [-0.4, -0.2) is 49.7 Å². The second-order valence-electron chi connectivity index (χ2n) is 8.27. The number of aliphatic hydroxyl groups excluding tert-OH is 1. The molecule has 2 aliphatic carbocycles. The molecule has 5 nitrogen and oxygen atoms in total. The summed E-state index contributed by atoms with van der Waals surface area (Å²) in [7, 11) is 5.59. The quantitative estimate of drug-likeness (QED) is 0.893. The van der Waals surface area contributed by atoms with Crippen molar-refractivity contribution in [1.82, 2.24) is 4.90 Å². The molecule has 1 aromatic rings. The molecular weight excluding hydrogens is 318 g/mol. The number of hydrogen-bond acceptors (Lipinski definition) is 5. The Kier molecular flexibility index (Phi) is 3.26. The molecule has 2 bridgehead atoms. The topological polar surface area (TPSA) is 51.2 Å². The zero-order chi connectivity index (χ0) is 17.4. The highest BCUT2D eigenvalue weighted by molar-refractivity contribution is 5.62. The Bertz CT molecular complexity index is 735. The molecule has 1 spiro atoms. The van der Waals surface area contributed by atoms with Crippen molar-refractivity contribution in [1.29, 1.82) is 0 Å². The molecule has 0 aromatic heterocycles. The minimum absolute atomic E-state index is 0.0378. The maximum Gasteiger partial charge on any atom is 0.237 e. The monoisotopic (exact) mass is 345 g/mol. The zero-order valence-electron chi connectivity index (χ0n) is 15.3. The van der Waals surface area contributed by atoms with Crippen LogP contribution in [0.15, 0.2) is 6.07 Å². The number of nitrogens with zero attached hydrogens (tertiary/aromatic N) is 1. The Labute approximate surface area is 148 Å². The zero-order valence-corrected chi connectivity index (χ0v) is 15.3. The van der Waals surface area contributed by atoms with Crippen LogP contribution >= 0.6 is 0 Å². The van der Waals surface area contributed by atoms with Gasteiger partial charge in [-0.3, -0.25) is 4.90 Å². The summed E-state index contributed by atoms with van der Waals surface area (Å²) >= 11 is 0. The lowest BCUT2D eigenvalue weighted by atomic mass is 9.57. The van der Waals surface area contributed by atoms with Gasteiger partial charge < -0.3 is 19.3 Å². The first-order valence-corrected chi connectivity index (χ1v) is 9.40. The van der Waals surface area contributed by atoms with Gasteiger partial charge in [-0.1, -0.05) is 0 Å². The fourth-order valence-electron chi connectivity index (χ4n) is 5.91. The van der Waals surface area contributed by atoms with Gasteiger partial charge in [-0.05, 0) is 56.3 Å². The lowest BCUT2D eigenvalue weighted by Gasteiger charge is -2.58. The van der Waals surface area contributed by atoms with Crippen molar-refractivity contribution in [3.63, 3.8) is 0 Å². The highest BCUT2D eigenvalue weighted by Crippen LogP contribution is 2.63. The molecule has 0 radical (unpaired) electrons. The number of methoxy groups -OCH3 is 2. The molecule has 25 heavy (non-hydrogen) atoms. The van der Waals surface area contributed by atoms with Gasteiger partial charge in [-0.25, -0.2) is 0 Å². The molecule has 1 fully saturated rings. The fourth-order valence-corrected chi connectivity index (χ4v) is 5.91. The van der Waals surface area contributed by atoms with E-state index in [1.807, 2.05) is 0 Å². The predicted octanol–water partition coefficient (Wildman–Crippen LogP) is 2.54. The lowest BCUT2D eigenvalue weighted by Crippen LogP contribution is -2.61. The van der Waals surface area contributed by atoms with E-state index >= 15 is 0 Å². The SMILES string of the molecule is COc1cc2c3c4c1O[C@]1(OC)C[C@]4(CC[C@H]1O)CC[C@@H]3N(C)CC2. The van der Waals surface area contributed by atoms with Gasteiger partial charge in [0.15, 0.2) is 11.5 Å². The van der Waals surface area contributed by atoms with Crippen molar-refractivity contribution in [3.8, 4) is 11.5 Å². The van der Waals surface area contributed by atoms with E-state index < -0.39 is 11.9 Å². The van der Waals surface area contributed by atoms with Gasteiger partial charge >= 0.3 is 0 Å². The largest absolute Gasteiger partial charge is 0.493 e. The summed E-state index contributed by atoms with van der Waals surface area (Å²) in [4.78, 5) is 2.48. The van der Waals surface area contributed by atoms with E-state index in [1.54, 1.807) is 14.2 Å². The molecule has 0 unspecified atom stereocenters. The number of hydrogen-bond donors (Lipinski definition) is 1. The number of likely N-dealkylation sites (N-methyl/N-ethyl adjacent to an activating group) is 1. The van der Waals surface area contributed by atoms with Crippen LogP contribution in [0, 0.1) is 0 Å². The van der Waals surface area contributed by atoms with Gasteiger partial charge in [-0.15, -0.1) is 0 Å². The highest BCUT2D eigenvalue weighted by atomic mass is 16.7. The summed E-state index contributed by atoms with van der Waals surface area (Å²) < 4.78 is 17.9. The fraction of sp³-hybridized carbons (Fsp3) is 0.700. The van der Waals surface area contributed by atoms with Crippen LogP contribution in [0.3, 0.4) is 0 Å². The molecule has 4 atom stereocenters. The predicted molar refractivity (Wildman–Crippen MR) is 93.2 cm³/mol. The van der Waals surface area contributed by atoms with E-state index in [0.29, 0.717) is 6.04 Å². The van der Waals surface area contributed by atoms with Crippen molar-refractivity contribution in [3.05, 3.63) is 22.8 Å². The Morgan fingerprint density at radius 2 is 2.08 bits per heavy atom. The summed E-state index contributed by atoms with van der Waals surface area (Å²) in [6.07, 6.45) is 5.19. The van der Waals surface area contributed by atoms with Gasteiger partial charge in [0, 0.05) is 37.1 Å². The maximum absolute atomic E-state index is 10.7. The second-order valence-corrected chi connectivity index (χ2v) is 8.27. The highest BCUT2D eigenvalue weighted by Gasteiger charge is 2.60. The molecule has 2 aliphatic heterocycles. The van der Waals surface area contributed by atoms with Crippen LogP contribution in [0.25, 0.3) is 0 Å². The van der Waals surface area contributed by atoms with Crippen molar-refractivity contribution >= 4 is 0 Å². The minimum Gasteiger partial charge on any atom is -0.493 e. The van der Waals surface area contributed by atoms with E-state index in [1.165, 1.54) is 16.7 Å². The Morgan fingerprint density at radius 1 is 1.28 bits per heavy atom. The van der Waals surface area contributed by atoms with E-state index in [-0.39, 0.29) is 5.41 Å². The number of aliphatic hydroxyl groups is 1. The molecule has 1 aromatic carbocycles. The molecule has 5 heteroatoms. The van der Waals surface area contributed by atoms with E-state index in [4.69, 9.17) is 14.2 Å². The molecule has 5 rings (SSSR count). The Morgan fingerprint density at radius 3 is 2.84 bits per heavy atom. The molecule has 4 aliphatic rings. The Balaban J connectivity index is 1.80. The van der Waals surface area contributed by atoms with Gasteiger partial charge in [0.1, 0.15) is 6.10 Å². The third-order valence-electron chi connectivity index (χ3n) is 7.23. The maximum atomic E-state index is 10.7. The summed E-state index contributed by atoms with van der Waals surface area (Å²) in [5.74, 6) is 0.659. The van der Waals surface area contributed by atoms with Crippen molar-refractivity contribution < 1.29 is 19.3 Å². The molecule has 0 saturated heterocycles. The van der Waals surface area contributed by atoms with Crippen molar-refractivity contribution in [2.75, 3.05) is 27.8 Å². The average Bonchev–Trinajstić information content (AvgIpc) is 2.64. The van der Waals surface area contributed by atoms with Crippen LogP contribution in [0.1, 0.15) is 54.8 Å². The molecule has 1 N–H and O–H groups in total. The van der Waals surface area contributed by atoms with E-state index in [0.717, 1.165) is 56.6 Å². The molecule has 136 valence electrons. The standard InChI is InChI=1S/C20H27NO4/c1-21-9-6-12-10-14(23-2)18-17-16(12)13(21)4-7-19(17)8-5-15(22)20(11-19,24-3)25-18/h10,13,15,22H,4-9,11H2,1-3H3/t13-,15+,19+,20+/m0/s1. The lowest BCUT2D eigenvalue weighted by molar-refractivity contribution is -0.262. The van der Waals surface area contributed by atoms with Crippen molar-refractivity contribution in [2.24, 2.45) is 0 Å². The number of ether oxygens (including phenoxy) is 3. The summed E-state index contributed by atoms with van der Waals surface area (Å²) in [6, 6.07) is 2.63. The number of benzene rings is 1. The molecular formula is C20H27NO4. The summed E-state index contributed by atoms with van der Waals surface area (Å²) in [6.45, 7) is 1.09. The smallest absolute Gasteiger partial charge is 0.237 e. The molecule has 1 saturated carbocycles. The van der Waals surface area contributed by atoms with Gasteiger partial charge in [-0.2, -0.15) is 0 Å². The number of fused-ring (bicyclic) bond motifs is 1. The first kappa shape index (κ1) is 15.9. The average molecular weight is 345 g/mol. The van der Waals surface area contributed by atoms with Gasteiger partial charge in [0.2, 0.25) is 5.79 Å². The Hall–Kier alpha value is -1.30. The van der Waals surface area contributed by atoms with Gasteiger partial charge in [0.25, 0.3) is 0 Å². The van der Waals surface area contributed by atoms with Crippen LogP contribution < -0.4 is 9.47 Å². The molecule has 0 amide bonds. The van der Waals surface area contributed by atoms with Crippen LogP contribution in [0.4, 0.5) is 0 Å². The number of rotatable bonds is 2. The van der Waals surface area contributed by atoms with E-state index in [9.17, 15) is 5.11 Å². The van der Waals surface area contributed by atoms with Crippen LogP contribution in [-0.2, 0) is 16.6 Å². The van der Waals surface area contributed by atoms with Crippen LogP contribution in [0.2, 0.25) is 0 Å². The first-order chi connectivity index (χ1) is 12.0. The third-order valence-corrected chi connectivity index (χ3v) is 7.23. The minimum atomic E-state index is -0.944. The summed E-state index contributed by atoms with van der Waals surface area (Å²) in [5.41, 5.74) is 4.27. The summed E-state index contributed by atoms with van der Waals surface area (Å²) in [5, 5.41) is 10.7. The first-order valence-electron chi connectivity index (χ1n) is 9.40. The normalized spacial score (nSPS) is 38.7. The van der Waals surface area contributed by atoms with Gasteiger partial charge in [0.05, 0.1) is 7.11 Å². The van der Waals surface area contributed by atoms with Crippen LogP contribution in [0.5, 0.6) is 11.5 Å². The third kappa shape index (κ3) is 1.89. The molecule has 2 heterocycles.